The standard InChI is InChI=1S/C22H20F3N3O.C2H5NO/c1-12-3-4-15(19(24)18(12)23)9-14-7-8-28(10-14)11-16-5-6-17-21(20(16)25)27-22(29)13(2)26-17;1-3-2-4/h3-6,9H,7-8,10-11H2,1-2H3,(H,27,29);2H,1H3,(H,3,4)/b14-9+;. The van der Waals surface area contributed by atoms with Gasteiger partial charge in [0.1, 0.15) is 11.2 Å². The number of H-pyrrole nitrogens is 1. The number of rotatable bonds is 4. The zero-order chi connectivity index (χ0) is 24.1. The van der Waals surface area contributed by atoms with Gasteiger partial charge in [-0.05, 0) is 31.9 Å². The summed E-state index contributed by atoms with van der Waals surface area (Å²) in [6.45, 7) is 4.66. The Morgan fingerprint density at radius 3 is 2.55 bits per heavy atom. The summed E-state index contributed by atoms with van der Waals surface area (Å²) in [4.78, 5) is 29.5. The second-order valence-electron chi connectivity index (χ2n) is 7.85. The minimum absolute atomic E-state index is 0.102. The van der Waals surface area contributed by atoms with Crippen LogP contribution in [0.25, 0.3) is 17.1 Å². The number of nitrogens with one attached hydrogen (secondary N) is 2. The van der Waals surface area contributed by atoms with Gasteiger partial charge >= 0.3 is 0 Å². The highest BCUT2D eigenvalue weighted by atomic mass is 19.2. The third-order valence-corrected chi connectivity index (χ3v) is 5.41. The molecule has 2 heterocycles. The number of aromatic amines is 1. The highest BCUT2D eigenvalue weighted by molar-refractivity contribution is 5.75. The molecule has 1 aliphatic heterocycles. The van der Waals surface area contributed by atoms with Gasteiger partial charge in [0.2, 0.25) is 6.41 Å². The van der Waals surface area contributed by atoms with E-state index >= 15 is 0 Å². The maximum atomic E-state index is 14.9. The zero-order valence-electron chi connectivity index (χ0n) is 18.6. The topological polar surface area (TPSA) is 78.1 Å². The lowest BCUT2D eigenvalue weighted by molar-refractivity contribution is -0.109. The zero-order valence-corrected chi connectivity index (χ0v) is 18.6. The summed E-state index contributed by atoms with van der Waals surface area (Å²) < 4.78 is 42.7. The fourth-order valence-corrected chi connectivity index (χ4v) is 3.61. The number of hydrogen-bond acceptors (Lipinski definition) is 4. The molecule has 2 aromatic carbocycles. The average molecular weight is 458 g/mol. The largest absolute Gasteiger partial charge is 0.362 e. The van der Waals surface area contributed by atoms with E-state index in [0.717, 1.165) is 5.57 Å². The molecule has 6 nitrogen and oxygen atoms in total. The molecule has 1 amide bonds. The van der Waals surface area contributed by atoms with Crippen molar-refractivity contribution in [3.63, 3.8) is 0 Å². The summed E-state index contributed by atoms with van der Waals surface area (Å²) in [6, 6.07) is 6.48. The highest BCUT2D eigenvalue weighted by Crippen LogP contribution is 2.25. The number of aryl methyl sites for hydroxylation is 2. The van der Waals surface area contributed by atoms with Crippen LogP contribution in [0.5, 0.6) is 0 Å². The Labute approximate surface area is 189 Å². The van der Waals surface area contributed by atoms with Crippen LogP contribution in [0, 0.1) is 31.3 Å². The molecule has 0 spiro atoms. The van der Waals surface area contributed by atoms with Gasteiger partial charge in [0, 0.05) is 37.8 Å². The van der Waals surface area contributed by atoms with E-state index in [2.05, 4.69) is 15.3 Å². The van der Waals surface area contributed by atoms with Crippen molar-refractivity contribution in [3.05, 3.63) is 80.0 Å². The van der Waals surface area contributed by atoms with Crippen LogP contribution in [-0.4, -0.2) is 41.4 Å². The van der Waals surface area contributed by atoms with Crippen molar-refractivity contribution in [1.82, 2.24) is 20.2 Å². The number of carbonyl (C=O) groups is 1. The van der Waals surface area contributed by atoms with Gasteiger partial charge in [-0.3, -0.25) is 14.5 Å². The van der Waals surface area contributed by atoms with Gasteiger partial charge in [-0.15, -0.1) is 0 Å². The van der Waals surface area contributed by atoms with Crippen LogP contribution in [-0.2, 0) is 11.3 Å². The Morgan fingerprint density at radius 2 is 1.85 bits per heavy atom. The molecule has 1 aromatic heterocycles. The Bertz CT molecular complexity index is 1270. The molecule has 4 rings (SSSR count). The van der Waals surface area contributed by atoms with E-state index in [9.17, 15) is 18.0 Å². The molecule has 1 aliphatic rings. The van der Waals surface area contributed by atoms with Crippen LogP contribution >= 0.6 is 0 Å². The molecule has 1 saturated heterocycles. The second kappa shape index (κ2) is 10.4. The second-order valence-corrected chi connectivity index (χ2v) is 7.85. The van der Waals surface area contributed by atoms with E-state index in [0.29, 0.717) is 49.2 Å². The average Bonchev–Trinajstić information content (AvgIpc) is 3.24. The molecule has 0 saturated carbocycles. The number of hydrogen-bond donors (Lipinski definition) is 2. The normalized spacial score (nSPS) is 14.9. The maximum Gasteiger partial charge on any atom is 0.269 e. The van der Waals surface area contributed by atoms with E-state index in [1.807, 2.05) is 4.90 Å². The van der Waals surface area contributed by atoms with E-state index in [1.54, 1.807) is 44.3 Å². The van der Waals surface area contributed by atoms with Crippen molar-refractivity contribution in [1.29, 1.82) is 0 Å². The highest BCUT2D eigenvalue weighted by Gasteiger charge is 2.20. The van der Waals surface area contributed by atoms with Gasteiger partial charge in [0.05, 0.1) is 5.52 Å². The van der Waals surface area contributed by atoms with Crippen LogP contribution < -0.4 is 10.9 Å². The Balaban J connectivity index is 0.000000709. The molecule has 0 atom stereocenters. The number of aromatic nitrogens is 2. The van der Waals surface area contributed by atoms with Gasteiger partial charge in [-0.25, -0.2) is 18.2 Å². The van der Waals surface area contributed by atoms with Crippen molar-refractivity contribution in [2.75, 3.05) is 20.1 Å². The van der Waals surface area contributed by atoms with Crippen LogP contribution in [0.3, 0.4) is 0 Å². The van der Waals surface area contributed by atoms with Crippen molar-refractivity contribution >= 4 is 23.5 Å². The SMILES string of the molecule is CNC=O.Cc1ccc(/C=C2\CCN(Cc3ccc4nc(C)c(=O)[nH]c4c3F)C2)c(F)c1F. The predicted octanol–water partition coefficient (Wildman–Crippen LogP) is 3.61. The minimum atomic E-state index is -0.844. The lowest BCUT2D eigenvalue weighted by atomic mass is 10.1. The summed E-state index contributed by atoms with van der Waals surface area (Å²) in [7, 11) is 1.56. The molecule has 3 aromatic rings. The van der Waals surface area contributed by atoms with Crippen molar-refractivity contribution in [3.8, 4) is 0 Å². The molecule has 0 aliphatic carbocycles. The van der Waals surface area contributed by atoms with Gasteiger partial charge < -0.3 is 10.3 Å². The molecule has 9 heteroatoms. The molecular weight excluding hydrogens is 433 g/mol. The van der Waals surface area contributed by atoms with Crippen molar-refractivity contribution in [2.45, 2.75) is 26.8 Å². The molecule has 2 N–H and O–H groups in total. The fraction of sp³-hybridized carbons (Fsp3) is 0.292. The van der Waals surface area contributed by atoms with Crippen LogP contribution in [0.2, 0.25) is 0 Å². The van der Waals surface area contributed by atoms with Crippen LogP contribution in [0.4, 0.5) is 13.2 Å². The van der Waals surface area contributed by atoms with Crippen LogP contribution in [0.15, 0.2) is 34.6 Å². The Hall–Kier alpha value is -3.46. The molecule has 0 bridgehead atoms. The lowest BCUT2D eigenvalue weighted by Gasteiger charge is -2.15. The summed E-state index contributed by atoms with van der Waals surface area (Å²) >= 11 is 0. The molecule has 0 radical (unpaired) electrons. The fourth-order valence-electron chi connectivity index (χ4n) is 3.61. The molecule has 33 heavy (non-hydrogen) atoms. The maximum absolute atomic E-state index is 14.9. The number of likely N-dealkylation sites (tertiary alicyclic amines) is 1. The summed E-state index contributed by atoms with van der Waals surface area (Å²) in [5.41, 5.74) is 2.29. The molecule has 0 unspecified atom stereocenters. The van der Waals surface area contributed by atoms with Crippen molar-refractivity contribution in [2.24, 2.45) is 0 Å². The van der Waals surface area contributed by atoms with E-state index in [1.165, 1.54) is 6.92 Å². The van der Waals surface area contributed by atoms with Gasteiger partial charge in [0.25, 0.3) is 5.56 Å². The van der Waals surface area contributed by atoms with E-state index < -0.39 is 23.0 Å². The summed E-state index contributed by atoms with van der Waals surface area (Å²) in [6.07, 6.45) is 2.99. The first kappa shape index (κ1) is 24.2. The van der Waals surface area contributed by atoms with Crippen molar-refractivity contribution < 1.29 is 18.0 Å². The quantitative estimate of drug-likeness (QED) is 0.586. The first-order valence-corrected chi connectivity index (χ1v) is 10.4. The first-order chi connectivity index (χ1) is 15.7. The molecule has 1 fully saturated rings. The Morgan fingerprint density at radius 1 is 1.12 bits per heavy atom. The lowest BCUT2D eigenvalue weighted by Crippen LogP contribution is -2.20. The third kappa shape index (κ3) is 5.48. The number of fused-ring (bicyclic) bond motifs is 1. The smallest absolute Gasteiger partial charge is 0.269 e. The van der Waals surface area contributed by atoms with Gasteiger partial charge in [0.15, 0.2) is 17.5 Å². The summed E-state index contributed by atoms with van der Waals surface area (Å²) in [5, 5.41) is 2.25. The number of amides is 1. The number of benzene rings is 2. The monoisotopic (exact) mass is 458 g/mol. The summed E-state index contributed by atoms with van der Waals surface area (Å²) in [5.74, 6) is -2.16. The third-order valence-electron chi connectivity index (χ3n) is 5.41. The van der Waals surface area contributed by atoms with Gasteiger partial charge in [-0.2, -0.15) is 0 Å². The van der Waals surface area contributed by atoms with E-state index in [4.69, 9.17) is 4.79 Å². The minimum Gasteiger partial charge on any atom is -0.362 e. The van der Waals surface area contributed by atoms with E-state index in [-0.39, 0.29) is 16.6 Å². The van der Waals surface area contributed by atoms with Crippen LogP contribution in [0.1, 0.15) is 28.8 Å². The Kier molecular flexibility index (Phi) is 7.65. The number of nitrogens with zero attached hydrogens (tertiary/aromatic N) is 2. The van der Waals surface area contributed by atoms with Gasteiger partial charge in [-0.1, -0.05) is 29.8 Å². The predicted molar refractivity (Wildman–Crippen MR) is 121 cm³/mol. The number of halogens is 3. The molecular formula is C24H25F3N4O2. The number of carbonyl (C=O) groups excluding carboxylic acids is 1. The molecule has 174 valence electrons. The first-order valence-electron chi connectivity index (χ1n) is 10.4.